The van der Waals surface area contributed by atoms with Crippen molar-refractivity contribution in [1.29, 1.82) is 0 Å². The van der Waals surface area contributed by atoms with Gasteiger partial charge in [0, 0.05) is 56.4 Å². The molecule has 0 N–H and O–H groups in total. The second-order valence-electron chi connectivity index (χ2n) is 11.3. The number of carbonyl (C=O) groups excluding carboxylic acids is 2. The van der Waals surface area contributed by atoms with Crippen LogP contribution in [0.2, 0.25) is 0 Å². The van der Waals surface area contributed by atoms with Crippen LogP contribution in [0.5, 0.6) is 17.4 Å². The van der Waals surface area contributed by atoms with Crippen molar-refractivity contribution < 1.29 is 50.5 Å². The highest BCUT2D eigenvalue weighted by molar-refractivity contribution is 6.06. The Morgan fingerprint density at radius 2 is 1.68 bits per heavy atom. The lowest BCUT2D eigenvalue weighted by Gasteiger charge is -2.33. The van der Waals surface area contributed by atoms with Gasteiger partial charge in [0.05, 0.1) is 5.69 Å². The summed E-state index contributed by atoms with van der Waals surface area (Å²) in [5.41, 5.74) is -1.46. The Labute approximate surface area is 248 Å². The van der Waals surface area contributed by atoms with Crippen LogP contribution in [0.15, 0.2) is 48.5 Å². The van der Waals surface area contributed by atoms with E-state index in [1.165, 1.54) is 59.3 Å². The maximum atomic E-state index is 13.7. The maximum absolute atomic E-state index is 13.7. The molecule has 2 amide bonds. The summed E-state index contributed by atoms with van der Waals surface area (Å²) in [5.74, 6) is -1.22. The minimum Gasteiger partial charge on any atom is -0.474 e. The lowest BCUT2D eigenvalue weighted by Crippen LogP contribution is -2.44. The predicted octanol–water partition coefficient (Wildman–Crippen LogP) is 6.27. The van der Waals surface area contributed by atoms with Crippen LogP contribution in [-0.2, 0) is 10.9 Å². The molecule has 3 heterocycles. The Hall–Kier alpha value is -4.56. The monoisotopic (exact) mass is 624 g/mol. The molecule has 1 fully saturated rings. The summed E-state index contributed by atoms with van der Waals surface area (Å²) < 4.78 is 89.0. The number of alkyl halides is 5. The summed E-state index contributed by atoms with van der Waals surface area (Å²) in [6, 6.07) is 10.3. The third kappa shape index (κ3) is 6.81. The fourth-order valence-electron chi connectivity index (χ4n) is 4.65. The summed E-state index contributed by atoms with van der Waals surface area (Å²) in [6.45, 7) is 5.83. The predicted molar refractivity (Wildman–Crippen MR) is 145 cm³/mol. The number of hydrogen-bond donors (Lipinski definition) is 0. The molecule has 0 bridgehead atoms. The molecule has 236 valence electrons. The van der Waals surface area contributed by atoms with Crippen molar-refractivity contribution >= 4 is 17.7 Å². The number of anilines is 1. The minimum atomic E-state index is -4.77. The van der Waals surface area contributed by atoms with Crippen molar-refractivity contribution in [3.05, 3.63) is 59.8 Å². The molecule has 0 aliphatic carbocycles. The summed E-state index contributed by atoms with van der Waals surface area (Å²) in [6.07, 6.45) is -8.91. The Balaban J connectivity index is 1.35. The first-order valence-corrected chi connectivity index (χ1v) is 13.6. The molecule has 0 radical (unpaired) electrons. The Morgan fingerprint density at radius 3 is 2.34 bits per heavy atom. The first kappa shape index (κ1) is 30.9. The van der Waals surface area contributed by atoms with Gasteiger partial charge in [0.2, 0.25) is 5.88 Å². The van der Waals surface area contributed by atoms with Crippen molar-refractivity contribution in [3.63, 3.8) is 0 Å². The van der Waals surface area contributed by atoms with E-state index in [4.69, 9.17) is 9.47 Å². The molecule has 1 saturated heterocycles. The Morgan fingerprint density at radius 1 is 1.00 bits per heavy atom. The number of likely N-dealkylation sites (tertiary alicyclic amines) is 1. The van der Waals surface area contributed by atoms with Gasteiger partial charge in [0.15, 0.2) is 17.2 Å². The summed E-state index contributed by atoms with van der Waals surface area (Å²) in [7, 11) is 1.40. The number of fused-ring (bicyclic) bond motifs is 1. The molecule has 5 rings (SSSR count). The quantitative estimate of drug-likeness (QED) is 0.309. The third-order valence-electron chi connectivity index (χ3n) is 6.76. The van der Waals surface area contributed by atoms with Crippen LogP contribution >= 0.6 is 0 Å². The highest BCUT2D eigenvalue weighted by Crippen LogP contribution is 2.43. The molecule has 0 spiro atoms. The lowest BCUT2D eigenvalue weighted by atomic mass is 10.1. The van der Waals surface area contributed by atoms with Crippen LogP contribution in [0.1, 0.15) is 49.7 Å². The van der Waals surface area contributed by atoms with Gasteiger partial charge in [-0.2, -0.15) is 18.3 Å². The second-order valence-corrected chi connectivity index (χ2v) is 11.3. The van der Waals surface area contributed by atoms with Crippen molar-refractivity contribution in [3.8, 4) is 23.1 Å². The largest absolute Gasteiger partial charge is 0.586 e. The molecule has 15 heteroatoms. The molecule has 3 aromatic rings. The van der Waals surface area contributed by atoms with Crippen LogP contribution in [0.4, 0.5) is 32.4 Å². The van der Waals surface area contributed by atoms with Crippen LogP contribution in [0.3, 0.4) is 0 Å². The first-order valence-electron chi connectivity index (χ1n) is 13.6. The number of carbonyl (C=O) groups is 2. The van der Waals surface area contributed by atoms with Gasteiger partial charge in [-0.1, -0.05) is 6.07 Å². The molecule has 0 unspecified atom stereocenters. The summed E-state index contributed by atoms with van der Waals surface area (Å²) in [4.78, 5) is 28.4. The van der Waals surface area contributed by atoms with Crippen molar-refractivity contribution in [1.82, 2.24) is 14.7 Å². The zero-order valence-corrected chi connectivity index (χ0v) is 24.2. The van der Waals surface area contributed by atoms with Gasteiger partial charge in [-0.05, 0) is 51.1 Å². The average molecular weight is 625 g/mol. The standard InChI is InChI=1S/C29H29F5N4O6/c1-27(2,3)44-26(40)37-12-10-20(11-13-37)41-24-16-23(28(30,31)32)35-38(24)19-7-5-6-17(14-19)25(39)36(4)18-8-9-21-22(15-18)43-29(33,34)42-21/h5-9,14-16,20H,10-13H2,1-4H3. The van der Waals surface area contributed by atoms with E-state index in [1.807, 2.05) is 0 Å². The molecule has 0 atom stereocenters. The van der Waals surface area contributed by atoms with Gasteiger partial charge in [-0.25, -0.2) is 9.48 Å². The number of piperidine rings is 1. The number of aromatic nitrogens is 2. The van der Waals surface area contributed by atoms with Crippen LogP contribution in [0, 0.1) is 0 Å². The van der Waals surface area contributed by atoms with Gasteiger partial charge >= 0.3 is 18.6 Å². The van der Waals surface area contributed by atoms with Gasteiger partial charge < -0.3 is 28.7 Å². The van der Waals surface area contributed by atoms with E-state index in [2.05, 4.69) is 14.6 Å². The second kappa shape index (κ2) is 11.2. The molecular formula is C29H29F5N4O6. The number of benzene rings is 2. The van der Waals surface area contributed by atoms with Crippen molar-refractivity contribution in [2.45, 2.75) is 57.8 Å². The molecule has 0 saturated carbocycles. The van der Waals surface area contributed by atoms with Crippen LogP contribution in [-0.4, -0.2) is 64.8 Å². The van der Waals surface area contributed by atoms with Gasteiger partial charge in [0.25, 0.3) is 5.91 Å². The normalized spacial score (nSPS) is 16.5. The van der Waals surface area contributed by atoms with E-state index in [-0.39, 0.29) is 47.4 Å². The number of nitrogens with zero attached hydrogens (tertiary/aromatic N) is 4. The number of rotatable bonds is 5. The van der Waals surface area contributed by atoms with Gasteiger partial charge in [-0.15, -0.1) is 8.78 Å². The lowest BCUT2D eigenvalue weighted by molar-refractivity contribution is -0.286. The number of amides is 2. The molecule has 10 nitrogen and oxygen atoms in total. The molecular weight excluding hydrogens is 595 g/mol. The molecule has 2 aliphatic rings. The van der Waals surface area contributed by atoms with Crippen molar-refractivity contribution in [2.75, 3.05) is 25.0 Å². The molecule has 44 heavy (non-hydrogen) atoms. The molecule has 2 aromatic carbocycles. The number of hydrogen-bond acceptors (Lipinski definition) is 7. The fraction of sp³-hybridized carbons (Fsp3) is 0.414. The van der Waals surface area contributed by atoms with Gasteiger partial charge in [0.1, 0.15) is 11.7 Å². The Bertz CT molecular complexity index is 1560. The maximum Gasteiger partial charge on any atom is 0.586 e. The zero-order valence-electron chi connectivity index (χ0n) is 24.2. The zero-order chi connectivity index (χ0) is 32.0. The van der Waals surface area contributed by atoms with E-state index in [0.717, 1.165) is 10.7 Å². The molecule has 1 aromatic heterocycles. The van der Waals surface area contributed by atoms with Crippen LogP contribution in [0.25, 0.3) is 5.69 Å². The minimum absolute atomic E-state index is 0.0775. The highest BCUT2D eigenvalue weighted by Gasteiger charge is 2.43. The molecule has 2 aliphatic heterocycles. The van der Waals surface area contributed by atoms with E-state index in [0.29, 0.717) is 12.8 Å². The highest BCUT2D eigenvalue weighted by atomic mass is 19.4. The van der Waals surface area contributed by atoms with Crippen molar-refractivity contribution in [2.24, 2.45) is 0 Å². The number of ether oxygens (including phenoxy) is 4. The van der Waals surface area contributed by atoms with Gasteiger partial charge in [-0.3, -0.25) is 4.79 Å². The van der Waals surface area contributed by atoms with Crippen LogP contribution < -0.4 is 19.1 Å². The fourth-order valence-corrected chi connectivity index (χ4v) is 4.65. The smallest absolute Gasteiger partial charge is 0.474 e. The van der Waals surface area contributed by atoms with E-state index in [9.17, 15) is 31.5 Å². The first-order chi connectivity index (χ1) is 20.5. The van der Waals surface area contributed by atoms with E-state index >= 15 is 0 Å². The Kier molecular flexibility index (Phi) is 7.84. The third-order valence-corrected chi connectivity index (χ3v) is 6.76. The topological polar surface area (TPSA) is 95.4 Å². The summed E-state index contributed by atoms with van der Waals surface area (Å²) >= 11 is 0. The number of halogens is 5. The summed E-state index contributed by atoms with van der Waals surface area (Å²) in [5, 5.41) is 3.71. The van der Waals surface area contributed by atoms with E-state index in [1.54, 1.807) is 20.8 Å². The SMILES string of the molecule is CN(C(=O)c1cccc(-n2nc(C(F)(F)F)cc2OC2CCN(C(=O)OC(C)(C)C)CC2)c1)c1ccc2c(c1)OC(F)(F)O2. The average Bonchev–Trinajstić information content (AvgIpc) is 3.50. The van der Waals surface area contributed by atoms with E-state index < -0.39 is 41.9 Å².